The van der Waals surface area contributed by atoms with Gasteiger partial charge in [-0.25, -0.2) is 5.01 Å². The van der Waals surface area contributed by atoms with Gasteiger partial charge >= 0.3 is 5.97 Å². The molecule has 2 aliphatic heterocycles. The van der Waals surface area contributed by atoms with E-state index in [1.807, 2.05) is 0 Å². The number of fused-ring (bicyclic) bond motifs is 1. The maximum absolute atomic E-state index is 11.5. The molecule has 2 heterocycles. The molecule has 5 nitrogen and oxygen atoms in total. The van der Waals surface area contributed by atoms with E-state index in [9.17, 15) is 9.59 Å². The van der Waals surface area contributed by atoms with Crippen molar-refractivity contribution in [1.29, 1.82) is 0 Å². The van der Waals surface area contributed by atoms with Crippen LogP contribution in [0.25, 0.3) is 0 Å². The predicted molar refractivity (Wildman–Crippen MR) is 47.6 cm³/mol. The van der Waals surface area contributed by atoms with E-state index in [1.165, 1.54) is 0 Å². The van der Waals surface area contributed by atoms with E-state index in [-0.39, 0.29) is 18.4 Å². The van der Waals surface area contributed by atoms with Crippen molar-refractivity contribution in [2.75, 3.05) is 18.1 Å². The summed E-state index contributed by atoms with van der Waals surface area (Å²) in [6.45, 7) is -0.316. The Morgan fingerprint density at radius 3 is 3.15 bits per heavy atom. The van der Waals surface area contributed by atoms with Crippen LogP contribution in [0.1, 0.15) is 0 Å². The number of carbonyl (C=O) groups excluding carboxylic acids is 1. The molecular formula is C7H8N2O3S. The second kappa shape index (κ2) is 3.02. The van der Waals surface area contributed by atoms with Gasteiger partial charge < -0.3 is 5.11 Å². The van der Waals surface area contributed by atoms with E-state index in [4.69, 9.17) is 5.11 Å². The van der Waals surface area contributed by atoms with E-state index in [2.05, 4.69) is 5.10 Å². The summed E-state index contributed by atoms with van der Waals surface area (Å²) in [6, 6.07) is 0. The molecule has 2 rings (SSSR count). The van der Waals surface area contributed by atoms with Gasteiger partial charge in [0.15, 0.2) is 0 Å². The molecule has 0 aliphatic carbocycles. The van der Waals surface area contributed by atoms with Crippen molar-refractivity contribution in [3.8, 4) is 0 Å². The molecule has 2 aliphatic rings. The topological polar surface area (TPSA) is 70.0 Å². The minimum Gasteiger partial charge on any atom is -0.480 e. The summed E-state index contributed by atoms with van der Waals surface area (Å²) < 4.78 is 0. The summed E-state index contributed by atoms with van der Waals surface area (Å²) in [6.07, 6.45) is 0. The maximum atomic E-state index is 11.5. The normalized spacial score (nSPS) is 26.2. The van der Waals surface area contributed by atoms with Gasteiger partial charge in [-0.15, -0.1) is 0 Å². The molecule has 1 N–H and O–H groups in total. The lowest BCUT2D eigenvalue weighted by molar-refractivity contribution is -0.144. The second-order valence-electron chi connectivity index (χ2n) is 2.95. The van der Waals surface area contributed by atoms with Crippen molar-refractivity contribution in [3.63, 3.8) is 0 Å². The minimum atomic E-state index is -1.02. The zero-order chi connectivity index (χ0) is 9.42. The Morgan fingerprint density at radius 2 is 2.54 bits per heavy atom. The zero-order valence-electron chi connectivity index (χ0n) is 6.77. The number of carbonyl (C=O) groups is 2. The number of aliphatic carboxylic acids is 1. The zero-order valence-corrected chi connectivity index (χ0v) is 7.58. The smallest absolute Gasteiger partial charge is 0.325 e. The first-order valence-corrected chi connectivity index (χ1v) is 5.02. The van der Waals surface area contributed by atoms with Crippen LogP contribution in [-0.2, 0) is 9.59 Å². The average molecular weight is 200 g/mol. The lowest BCUT2D eigenvalue weighted by atomic mass is 10.1. The first-order valence-electron chi connectivity index (χ1n) is 3.87. The maximum Gasteiger partial charge on any atom is 0.325 e. The molecule has 0 aromatic rings. The van der Waals surface area contributed by atoms with Crippen molar-refractivity contribution >= 4 is 29.4 Å². The predicted octanol–water partition coefficient (Wildman–Crippen LogP) is -0.368. The molecule has 0 aromatic carbocycles. The summed E-state index contributed by atoms with van der Waals surface area (Å²) in [7, 11) is 0. The van der Waals surface area contributed by atoms with Gasteiger partial charge in [0.05, 0.1) is 11.6 Å². The third-order valence-electron chi connectivity index (χ3n) is 2.02. The Labute approximate surface area is 78.8 Å². The number of hydrazone groups is 1. The highest BCUT2D eigenvalue weighted by Crippen LogP contribution is 2.28. The summed E-state index contributed by atoms with van der Waals surface area (Å²) in [5.74, 6) is 0.164. The van der Waals surface area contributed by atoms with Crippen LogP contribution in [0.5, 0.6) is 0 Å². The molecule has 70 valence electrons. The van der Waals surface area contributed by atoms with Crippen molar-refractivity contribution < 1.29 is 14.7 Å². The van der Waals surface area contributed by atoms with E-state index >= 15 is 0 Å². The van der Waals surface area contributed by atoms with Crippen LogP contribution in [-0.4, -0.2) is 45.8 Å². The van der Waals surface area contributed by atoms with E-state index < -0.39 is 5.97 Å². The number of nitrogens with zero attached hydrogens (tertiary/aromatic N) is 2. The molecular weight excluding hydrogens is 192 g/mol. The molecule has 0 spiro atoms. The van der Waals surface area contributed by atoms with Crippen LogP contribution in [0, 0.1) is 5.92 Å². The van der Waals surface area contributed by atoms with Gasteiger partial charge in [-0.05, 0) is 0 Å². The molecule has 13 heavy (non-hydrogen) atoms. The number of hydrogen-bond donors (Lipinski definition) is 1. The van der Waals surface area contributed by atoms with Crippen LogP contribution < -0.4 is 0 Å². The Kier molecular flexibility index (Phi) is 1.99. The largest absolute Gasteiger partial charge is 0.480 e. The van der Waals surface area contributed by atoms with Gasteiger partial charge in [0.25, 0.3) is 5.91 Å². The van der Waals surface area contributed by atoms with Crippen LogP contribution in [0.2, 0.25) is 0 Å². The number of carboxylic acid groups (broad SMARTS) is 1. The third-order valence-corrected chi connectivity index (χ3v) is 3.09. The Morgan fingerprint density at radius 1 is 1.77 bits per heavy atom. The molecule has 1 saturated heterocycles. The van der Waals surface area contributed by atoms with E-state index in [1.54, 1.807) is 11.8 Å². The highest BCUT2D eigenvalue weighted by atomic mass is 32.2. The van der Waals surface area contributed by atoms with Crippen LogP contribution in [0.3, 0.4) is 0 Å². The standard InChI is InChI=1S/C7H8N2O3S/c10-6(11)1-9-7(12)4-2-13-3-5(4)8-9/h4H,1-3H2,(H,10,11). The van der Waals surface area contributed by atoms with Crippen LogP contribution >= 0.6 is 11.8 Å². The van der Waals surface area contributed by atoms with Crippen LogP contribution in [0.4, 0.5) is 0 Å². The van der Waals surface area contributed by atoms with Crippen molar-refractivity contribution in [1.82, 2.24) is 5.01 Å². The summed E-state index contributed by atoms with van der Waals surface area (Å²) >= 11 is 1.67. The van der Waals surface area contributed by atoms with E-state index in [0.717, 1.165) is 22.2 Å². The third kappa shape index (κ3) is 1.41. The SMILES string of the molecule is O=C(O)CN1N=C2CSCC2C1=O. The molecule has 0 bridgehead atoms. The monoisotopic (exact) mass is 200 g/mol. The van der Waals surface area contributed by atoms with Gasteiger partial charge in [0.1, 0.15) is 6.54 Å². The Bertz CT molecular complexity index is 302. The van der Waals surface area contributed by atoms with Gasteiger partial charge in [-0.3, -0.25) is 9.59 Å². The van der Waals surface area contributed by atoms with Crippen LogP contribution in [0.15, 0.2) is 5.10 Å². The summed E-state index contributed by atoms with van der Waals surface area (Å²) in [5, 5.41) is 13.5. The molecule has 0 radical (unpaired) electrons. The highest BCUT2D eigenvalue weighted by Gasteiger charge is 2.39. The van der Waals surface area contributed by atoms with Gasteiger partial charge in [-0.2, -0.15) is 16.9 Å². The van der Waals surface area contributed by atoms with Gasteiger partial charge in [-0.1, -0.05) is 0 Å². The number of hydrogen-bond acceptors (Lipinski definition) is 4. The fourth-order valence-electron chi connectivity index (χ4n) is 1.42. The molecule has 1 fully saturated rings. The first-order chi connectivity index (χ1) is 6.18. The number of thioether (sulfide) groups is 1. The second-order valence-corrected chi connectivity index (χ2v) is 3.98. The molecule has 1 amide bonds. The Balaban J connectivity index is 2.12. The lowest BCUT2D eigenvalue weighted by Crippen LogP contribution is -2.31. The van der Waals surface area contributed by atoms with Crippen molar-refractivity contribution in [3.05, 3.63) is 0 Å². The highest BCUT2D eigenvalue weighted by molar-refractivity contribution is 8.00. The average Bonchev–Trinajstić information content (AvgIpc) is 2.56. The summed E-state index contributed by atoms with van der Waals surface area (Å²) in [5.41, 5.74) is 0.830. The Hall–Kier alpha value is -1.04. The van der Waals surface area contributed by atoms with Gasteiger partial charge in [0.2, 0.25) is 0 Å². The first kappa shape index (κ1) is 8.55. The van der Waals surface area contributed by atoms with Crippen molar-refractivity contribution in [2.24, 2.45) is 11.0 Å². The molecule has 1 unspecified atom stereocenters. The van der Waals surface area contributed by atoms with Crippen molar-refractivity contribution in [2.45, 2.75) is 0 Å². The van der Waals surface area contributed by atoms with Gasteiger partial charge in [0, 0.05) is 11.5 Å². The minimum absolute atomic E-state index is 0.149. The summed E-state index contributed by atoms with van der Waals surface area (Å²) in [4.78, 5) is 21.8. The number of carboxylic acids is 1. The number of rotatable bonds is 2. The lowest BCUT2D eigenvalue weighted by Gasteiger charge is -2.09. The fourth-order valence-corrected chi connectivity index (χ4v) is 2.57. The molecule has 0 aromatic heterocycles. The van der Waals surface area contributed by atoms with E-state index in [0.29, 0.717) is 0 Å². The quantitative estimate of drug-likeness (QED) is 0.660. The number of amides is 1. The molecule has 0 saturated carbocycles. The molecule has 1 atom stereocenters. The molecule has 6 heteroatoms. The fraction of sp³-hybridized carbons (Fsp3) is 0.571.